The number of hydrogen-bond donors (Lipinski definition) is 0. The molecule has 0 N–H and O–H groups in total. The van der Waals surface area contributed by atoms with Crippen molar-refractivity contribution >= 4 is 0 Å². The van der Waals surface area contributed by atoms with Crippen molar-refractivity contribution in [3.8, 4) is 0 Å². The van der Waals surface area contributed by atoms with Crippen molar-refractivity contribution in [1.82, 2.24) is 0 Å². The Morgan fingerprint density at radius 3 is 1.53 bits per heavy atom. The number of hydrogen-bond acceptors (Lipinski definition) is 5. The molecule has 4 rings (SSSR count). The molecular formula is C27H30O5. The fourth-order valence-electron chi connectivity index (χ4n) is 3.78. The summed E-state index contributed by atoms with van der Waals surface area (Å²) in [4.78, 5) is 0. The standard InChI is InChI=1S/C27H30O5/c1-28-27-26(31-19-23-15-9-4-10-16-23)25(30-18-22-13-7-3-8-14-22)24(20-32-27)29-17-21-11-5-2-6-12-21/h2-16,24-27H,17-20H2,1H3/t24-,25+,26-,27+/m0/s1. The summed E-state index contributed by atoms with van der Waals surface area (Å²) in [6.07, 6.45) is -1.60. The van der Waals surface area contributed by atoms with Crippen LogP contribution >= 0.6 is 0 Å². The Morgan fingerprint density at radius 2 is 1.06 bits per heavy atom. The zero-order chi connectivity index (χ0) is 22.0. The molecule has 1 saturated heterocycles. The molecule has 0 amide bonds. The predicted molar refractivity (Wildman–Crippen MR) is 122 cm³/mol. The Hall–Kier alpha value is -2.54. The maximum absolute atomic E-state index is 6.39. The molecule has 0 saturated carbocycles. The van der Waals surface area contributed by atoms with Crippen molar-refractivity contribution in [2.45, 2.75) is 44.4 Å². The highest BCUT2D eigenvalue weighted by Gasteiger charge is 2.43. The van der Waals surface area contributed by atoms with Crippen LogP contribution in [0.15, 0.2) is 91.0 Å². The lowest BCUT2D eigenvalue weighted by Gasteiger charge is -2.41. The van der Waals surface area contributed by atoms with Crippen molar-refractivity contribution < 1.29 is 23.7 Å². The molecule has 1 heterocycles. The van der Waals surface area contributed by atoms with Crippen molar-refractivity contribution in [1.29, 1.82) is 0 Å². The summed E-state index contributed by atoms with van der Waals surface area (Å²) >= 11 is 0. The lowest BCUT2D eigenvalue weighted by molar-refractivity contribution is -0.293. The third kappa shape index (κ3) is 6.25. The van der Waals surface area contributed by atoms with Crippen molar-refractivity contribution in [3.63, 3.8) is 0 Å². The minimum Gasteiger partial charge on any atom is -0.368 e. The molecule has 5 nitrogen and oxygen atoms in total. The largest absolute Gasteiger partial charge is 0.368 e. The highest BCUT2D eigenvalue weighted by atomic mass is 16.7. The van der Waals surface area contributed by atoms with Gasteiger partial charge >= 0.3 is 0 Å². The maximum Gasteiger partial charge on any atom is 0.186 e. The topological polar surface area (TPSA) is 46.2 Å². The molecule has 0 aromatic heterocycles. The molecule has 0 radical (unpaired) electrons. The lowest BCUT2D eigenvalue weighted by atomic mass is 10.0. The Labute approximate surface area is 189 Å². The van der Waals surface area contributed by atoms with Crippen molar-refractivity contribution in [2.75, 3.05) is 13.7 Å². The maximum atomic E-state index is 6.39. The average Bonchev–Trinajstić information content (AvgIpc) is 2.87. The van der Waals surface area contributed by atoms with E-state index >= 15 is 0 Å². The molecule has 0 aliphatic carbocycles. The SMILES string of the molecule is CO[C@@H]1OC[C@H](OCc2ccccc2)[C@@H](OCc2ccccc2)[C@@H]1OCc1ccccc1. The second-order valence-electron chi connectivity index (χ2n) is 7.79. The second kappa shape index (κ2) is 11.9. The first-order valence-corrected chi connectivity index (χ1v) is 10.9. The number of methoxy groups -OCH3 is 1. The molecule has 3 aromatic carbocycles. The van der Waals surface area contributed by atoms with Crippen molar-refractivity contribution in [3.05, 3.63) is 108 Å². The van der Waals surface area contributed by atoms with Crippen LogP contribution in [0.4, 0.5) is 0 Å². The van der Waals surface area contributed by atoms with Crippen LogP contribution in [-0.2, 0) is 43.5 Å². The number of rotatable bonds is 10. The Balaban J connectivity index is 1.49. The highest BCUT2D eigenvalue weighted by Crippen LogP contribution is 2.27. The third-order valence-electron chi connectivity index (χ3n) is 5.49. The van der Waals surface area contributed by atoms with E-state index in [4.69, 9.17) is 23.7 Å². The van der Waals surface area contributed by atoms with E-state index in [9.17, 15) is 0 Å². The monoisotopic (exact) mass is 434 g/mol. The van der Waals surface area contributed by atoms with Gasteiger partial charge in [0.05, 0.1) is 26.4 Å². The first-order valence-electron chi connectivity index (χ1n) is 10.9. The van der Waals surface area contributed by atoms with Crippen LogP contribution in [0.25, 0.3) is 0 Å². The summed E-state index contributed by atoms with van der Waals surface area (Å²) < 4.78 is 30.5. The zero-order valence-electron chi connectivity index (χ0n) is 18.3. The molecule has 1 fully saturated rings. The van der Waals surface area contributed by atoms with Gasteiger partial charge in [0.25, 0.3) is 0 Å². The molecule has 1 aliphatic heterocycles. The van der Waals surface area contributed by atoms with Crippen LogP contribution in [-0.4, -0.2) is 38.3 Å². The first kappa shape index (κ1) is 22.6. The fourth-order valence-corrected chi connectivity index (χ4v) is 3.78. The van der Waals surface area contributed by atoms with Gasteiger partial charge in [0.2, 0.25) is 0 Å². The molecule has 0 unspecified atom stereocenters. The van der Waals surface area contributed by atoms with Gasteiger partial charge in [-0.25, -0.2) is 0 Å². The van der Waals surface area contributed by atoms with Crippen LogP contribution in [0.1, 0.15) is 16.7 Å². The van der Waals surface area contributed by atoms with E-state index < -0.39 is 12.4 Å². The molecule has 3 aromatic rings. The molecular weight excluding hydrogens is 404 g/mol. The van der Waals surface area contributed by atoms with Gasteiger partial charge < -0.3 is 23.7 Å². The number of ether oxygens (including phenoxy) is 5. The first-order chi connectivity index (χ1) is 15.8. The van der Waals surface area contributed by atoms with Gasteiger partial charge in [0.15, 0.2) is 6.29 Å². The predicted octanol–water partition coefficient (Wildman–Crippen LogP) is 4.75. The van der Waals surface area contributed by atoms with Gasteiger partial charge in [0, 0.05) is 7.11 Å². The second-order valence-corrected chi connectivity index (χ2v) is 7.79. The Morgan fingerprint density at radius 1 is 0.625 bits per heavy atom. The van der Waals surface area contributed by atoms with Crippen LogP contribution in [0, 0.1) is 0 Å². The van der Waals surface area contributed by atoms with E-state index in [-0.39, 0.29) is 12.2 Å². The van der Waals surface area contributed by atoms with Crippen molar-refractivity contribution in [2.24, 2.45) is 0 Å². The molecule has 32 heavy (non-hydrogen) atoms. The lowest BCUT2D eigenvalue weighted by Crippen LogP contribution is -2.56. The summed E-state index contributed by atoms with van der Waals surface area (Å²) in [6.45, 7) is 1.74. The zero-order valence-corrected chi connectivity index (χ0v) is 18.3. The molecule has 1 aliphatic rings. The van der Waals surface area contributed by atoms with E-state index in [0.717, 1.165) is 16.7 Å². The van der Waals surface area contributed by atoms with Gasteiger partial charge in [0.1, 0.15) is 18.3 Å². The molecule has 168 valence electrons. The van der Waals surface area contributed by atoms with Gasteiger partial charge in [-0.2, -0.15) is 0 Å². The van der Waals surface area contributed by atoms with Gasteiger partial charge in [-0.1, -0.05) is 91.0 Å². The minimum absolute atomic E-state index is 0.286. The fraction of sp³-hybridized carbons (Fsp3) is 0.333. The molecule has 4 atom stereocenters. The van der Waals surface area contributed by atoms with E-state index in [1.54, 1.807) is 7.11 Å². The summed E-state index contributed by atoms with van der Waals surface area (Å²) in [5.41, 5.74) is 3.28. The quantitative estimate of drug-likeness (QED) is 0.461. The third-order valence-corrected chi connectivity index (χ3v) is 5.49. The normalized spacial score (nSPS) is 23.2. The molecule has 0 spiro atoms. The van der Waals surface area contributed by atoms with Crippen LogP contribution in [0.5, 0.6) is 0 Å². The summed E-state index contributed by atoms with van der Waals surface area (Å²) in [6, 6.07) is 30.3. The number of benzene rings is 3. The summed E-state index contributed by atoms with van der Waals surface area (Å²) in [5, 5.41) is 0. The summed E-state index contributed by atoms with van der Waals surface area (Å²) in [5.74, 6) is 0. The van der Waals surface area contributed by atoms with Crippen LogP contribution < -0.4 is 0 Å². The van der Waals surface area contributed by atoms with E-state index in [1.165, 1.54) is 0 Å². The van der Waals surface area contributed by atoms with E-state index in [2.05, 4.69) is 0 Å². The smallest absolute Gasteiger partial charge is 0.186 e. The van der Waals surface area contributed by atoms with Gasteiger partial charge in [-0.15, -0.1) is 0 Å². The Bertz CT molecular complexity index is 903. The summed E-state index contributed by atoms with van der Waals surface area (Å²) in [7, 11) is 1.63. The molecule has 5 heteroatoms. The van der Waals surface area contributed by atoms with Gasteiger partial charge in [-0.05, 0) is 16.7 Å². The van der Waals surface area contributed by atoms with E-state index in [0.29, 0.717) is 26.4 Å². The van der Waals surface area contributed by atoms with Crippen LogP contribution in [0.3, 0.4) is 0 Å². The minimum atomic E-state index is -0.531. The average molecular weight is 435 g/mol. The van der Waals surface area contributed by atoms with E-state index in [1.807, 2.05) is 91.0 Å². The molecule has 0 bridgehead atoms. The van der Waals surface area contributed by atoms with Crippen LogP contribution in [0.2, 0.25) is 0 Å². The highest BCUT2D eigenvalue weighted by molar-refractivity contribution is 5.15. The van der Waals surface area contributed by atoms with Gasteiger partial charge in [-0.3, -0.25) is 0 Å². The Kier molecular flexibility index (Phi) is 8.42.